The molecule has 5 rings (SSSR count). The zero-order valence-corrected chi connectivity index (χ0v) is 22.2. The average Bonchev–Trinajstić information content (AvgIpc) is 3.42. The van der Waals surface area contributed by atoms with Gasteiger partial charge in [0.1, 0.15) is 18.2 Å². The Morgan fingerprint density at radius 2 is 1.89 bits per heavy atom. The van der Waals surface area contributed by atoms with E-state index in [-0.39, 0.29) is 42.4 Å². The summed E-state index contributed by atoms with van der Waals surface area (Å²) < 4.78 is 55.2. The molecule has 0 bridgehead atoms. The van der Waals surface area contributed by atoms with Crippen LogP contribution in [0.25, 0.3) is 0 Å². The number of morpholine rings is 1. The van der Waals surface area contributed by atoms with Gasteiger partial charge in [-0.1, -0.05) is 42.6 Å². The maximum atomic E-state index is 14.8. The standard InChI is InChI=1S/C26H29ClFN3O6S/c27-20-12-19(21(28)13-23(20)36-15-17-6-4-5-7-17)26(33)29-38(34,35)30-11-10-22-24(14-30)37-16-25(32)31(22)18-8-2-1-3-9-18/h1-3,8-9,12-13,17,22,24H,4-7,10-11,14-16H2,(H,29,33)/t22-,24-/m0/s1. The monoisotopic (exact) mass is 565 g/mol. The second kappa shape index (κ2) is 11.2. The van der Waals surface area contributed by atoms with E-state index in [0.717, 1.165) is 42.1 Å². The minimum Gasteiger partial charge on any atom is -0.492 e. The molecule has 3 aliphatic rings. The number of amides is 2. The number of carbonyl (C=O) groups is 2. The number of nitrogens with zero attached hydrogens (tertiary/aromatic N) is 2. The number of benzene rings is 2. The Balaban J connectivity index is 1.24. The van der Waals surface area contributed by atoms with Crippen LogP contribution < -0.4 is 14.4 Å². The number of hydrogen-bond donors (Lipinski definition) is 1. The lowest BCUT2D eigenvalue weighted by atomic mass is 9.99. The third kappa shape index (κ3) is 5.66. The van der Waals surface area contributed by atoms with Gasteiger partial charge in [0.2, 0.25) is 0 Å². The van der Waals surface area contributed by atoms with Gasteiger partial charge in [0.25, 0.3) is 11.8 Å². The molecule has 2 amide bonds. The van der Waals surface area contributed by atoms with E-state index in [1.807, 2.05) is 35.1 Å². The summed E-state index contributed by atoms with van der Waals surface area (Å²) in [6.45, 7) is 0.197. The first-order chi connectivity index (χ1) is 18.2. The largest absolute Gasteiger partial charge is 0.492 e. The molecule has 1 aliphatic carbocycles. The van der Waals surface area contributed by atoms with Crippen molar-refractivity contribution in [2.45, 2.75) is 44.2 Å². The highest BCUT2D eigenvalue weighted by Gasteiger charge is 2.44. The Kier molecular flexibility index (Phi) is 7.90. The van der Waals surface area contributed by atoms with Crippen molar-refractivity contribution in [2.75, 3.05) is 31.2 Å². The Morgan fingerprint density at radius 3 is 2.63 bits per heavy atom. The highest BCUT2D eigenvalue weighted by molar-refractivity contribution is 7.87. The second-order valence-electron chi connectivity index (χ2n) is 9.82. The summed E-state index contributed by atoms with van der Waals surface area (Å²) >= 11 is 6.22. The predicted molar refractivity (Wildman–Crippen MR) is 139 cm³/mol. The van der Waals surface area contributed by atoms with Crippen LogP contribution in [0, 0.1) is 11.7 Å². The number of anilines is 1. The summed E-state index contributed by atoms with van der Waals surface area (Å²) in [4.78, 5) is 27.0. The maximum absolute atomic E-state index is 14.8. The summed E-state index contributed by atoms with van der Waals surface area (Å²) in [6.07, 6.45) is 4.07. The molecule has 38 heavy (non-hydrogen) atoms. The number of piperidine rings is 1. The Morgan fingerprint density at radius 1 is 1.16 bits per heavy atom. The molecule has 12 heteroatoms. The fourth-order valence-electron chi connectivity index (χ4n) is 5.34. The van der Waals surface area contributed by atoms with Crippen molar-refractivity contribution in [3.05, 3.63) is 58.9 Å². The molecule has 2 atom stereocenters. The molecular weight excluding hydrogens is 537 g/mol. The van der Waals surface area contributed by atoms with Crippen LogP contribution in [0.3, 0.4) is 0 Å². The Hall–Kier alpha value is -2.73. The lowest BCUT2D eigenvalue weighted by molar-refractivity contribution is -0.134. The Labute approximate surface area is 226 Å². The molecule has 1 N–H and O–H groups in total. The van der Waals surface area contributed by atoms with E-state index in [1.165, 1.54) is 0 Å². The van der Waals surface area contributed by atoms with Gasteiger partial charge in [0, 0.05) is 24.8 Å². The number of hydrogen-bond acceptors (Lipinski definition) is 6. The second-order valence-corrected chi connectivity index (χ2v) is 11.9. The van der Waals surface area contributed by atoms with Crippen molar-refractivity contribution in [2.24, 2.45) is 5.92 Å². The molecule has 2 saturated heterocycles. The zero-order chi connectivity index (χ0) is 26.9. The first kappa shape index (κ1) is 26.9. The van der Waals surface area contributed by atoms with E-state index < -0.39 is 33.6 Å². The van der Waals surface area contributed by atoms with Crippen molar-refractivity contribution in [3.63, 3.8) is 0 Å². The number of ether oxygens (including phenoxy) is 2. The maximum Gasteiger partial charge on any atom is 0.304 e. The molecular formula is C26H29ClFN3O6S. The number of nitrogens with one attached hydrogen (secondary N) is 1. The number of halogens is 2. The molecule has 0 unspecified atom stereocenters. The van der Waals surface area contributed by atoms with E-state index in [9.17, 15) is 22.4 Å². The van der Waals surface area contributed by atoms with Gasteiger partial charge in [-0.3, -0.25) is 9.59 Å². The average molecular weight is 566 g/mol. The Bertz CT molecular complexity index is 1310. The quantitative estimate of drug-likeness (QED) is 0.551. The van der Waals surface area contributed by atoms with Crippen LogP contribution in [-0.2, 0) is 19.7 Å². The van der Waals surface area contributed by atoms with Gasteiger partial charge in [-0.25, -0.2) is 9.11 Å². The number of carbonyl (C=O) groups excluding carboxylic acids is 2. The van der Waals surface area contributed by atoms with Gasteiger partial charge in [-0.15, -0.1) is 0 Å². The van der Waals surface area contributed by atoms with E-state index in [0.29, 0.717) is 24.6 Å². The molecule has 9 nitrogen and oxygen atoms in total. The molecule has 3 fully saturated rings. The topological polar surface area (TPSA) is 105 Å². The molecule has 2 aromatic carbocycles. The van der Waals surface area contributed by atoms with Gasteiger partial charge >= 0.3 is 10.2 Å². The van der Waals surface area contributed by atoms with Crippen molar-refractivity contribution >= 4 is 39.3 Å². The van der Waals surface area contributed by atoms with Gasteiger partial charge in [-0.05, 0) is 43.4 Å². The van der Waals surface area contributed by atoms with Crippen LogP contribution in [0.2, 0.25) is 5.02 Å². The molecule has 1 saturated carbocycles. The van der Waals surface area contributed by atoms with Crippen LogP contribution in [0.1, 0.15) is 42.5 Å². The fraction of sp³-hybridized carbons (Fsp3) is 0.462. The van der Waals surface area contributed by atoms with Crippen LogP contribution in [0.5, 0.6) is 5.75 Å². The SMILES string of the molecule is O=C(NS(=O)(=O)N1CC[C@H]2[C@H](C1)OCC(=O)N2c1ccccc1)c1cc(Cl)c(OCC2CCCC2)cc1F. The van der Waals surface area contributed by atoms with Crippen LogP contribution in [0.15, 0.2) is 42.5 Å². The molecule has 2 aliphatic heterocycles. The van der Waals surface area contributed by atoms with E-state index in [4.69, 9.17) is 21.1 Å². The summed E-state index contributed by atoms with van der Waals surface area (Å²) in [6, 6.07) is 10.8. The summed E-state index contributed by atoms with van der Waals surface area (Å²) in [7, 11) is -4.33. The highest BCUT2D eigenvalue weighted by Crippen LogP contribution is 2.32. The van der Waals surface area contributed by atoms with Crippen molar-refractivity contribution in [1.29, 1.82) is 0 Å². The fourth-order valence-corrected chi connectivity index (χ4v) is 6.73. The summed E-state index contributed by atoms with van der Waals surface area (Å²) in [5.74, 6) is -1.78. The van der Waals surface area contributed by atoms with E-state index >= 15 is 0 Å². The van der Waals surface area contributed by atoms with Crippen LogP contribution >= 0.6 is 11.6 Å². The first-order valence-electron chi connectivity index (χ1n) is 12.7. The van der Waals surface area contributed by atoms with Crippen LogP contribution in [0.4, 0.5) is 10.1 Å². The zero-order valence-electron chi connectivity index (χ0n) is 20.6. The van der Waals surface area contributed by atoms with Gasteiger partial charge in [-0.2, -0.15) is 12.7 Å². The first-order valence-corrected chi connectivity index (χ1v) is 14.5. The van der Waals surface area contributed by atoms with Crippen molar-refractivity contribution < 1.29 is 31.9 Å². The normalized spacial score (nSPS) is 22.8. The third-order valence-electron chi connectivity index (χ3n) is 7.32. The smallest absolute Gasteiger partial charge is 0.304 e. The van der Waals surface area contributed by atoms with Gasteiger partial charge in [0.15, 0.2) is 0 Å². The van der Waals surface area contributed by atoms with Crippen molar-refractivity contribution in [3.8, 4) is 5.75 Å². The highest BCUT2D eigenvalue weighted by atomic mass is 35.5. The van der Waals surface area contributed by atoms with Crippen LogP contribution in [-0.4, -0.2) is 63.0 Å². The molecule has 0 radical (unpaired) electrons. The number of fused-ring (bicyclic) bond motifs is 1. The van der Waals surface area contributed by atoms with E-state index in [1.54, 1.807) is 4.90 Å². The molecule has 2 aromatic rings. The lowest BCUT2D eigenvalue weighted by Gasteiger charge is -2.45. The molecule has 0 aromatic heterocycles. The van der Waals surface area contributed by atoms with Gasteiger partial charge < -0.3 is 14.4 Å². The van der Waals surface area contributed by atoms with Gasteiger partial charge in [0.05, 0.1) is 29.3 Å². The number of para-hydroxylation sites is 1. The number of rotatable bonds is 7. The molecule has 2 heterocycles. The third-order valence-corrected chi connectivity index (χ3v) is 9.07. The minimum absolute atomic E-state index is 0.0223. The minimum atomic E-state index is -4.33. The molecule has 204 valence electrons. The molecule has 0 spiro atoms. The van der Waals surface area contributed by atoms with Crippen molar-refractivity contribution in [1.82, 2.24) is 9.03 Å². The predicted octanol–water partition coefficient (Wildman–Crippen LogP) is 3.53. The summed E-state index contributed by atoms with van der Waals surface area (Å²) in [5.41, 5.74) is 0.208. The summed E-state index contributed by atoms with van der Waals surface area (Å²) in [5, 5.41) is 0.0223. The van der Waals surface area contributed by atoms with E-state index in [2.05, 4.69) is 0 Å². The lowest BCUT2D eigenvalue weighted by Crippen LogP contribution is -2.63.